The summed E-state index contributed by atoms with van der Waals surface area (Å²) < 4.78 is 13.0. The van der Waals surface area contributed by atoms with Crippen LogP contribution in [0.3, 0.4) is 0 Å². The highest BCUT2D eigenvalue weighted by atomic mass is 19.1. The molecule has 1 heterocycles. The first-order valence-corrected chi connectivity index (χ1v) is 6.55. The van der Waals surface area contributed by atoms with Crippen molar-refractivity contribution < 1.29 is 14.7 Å². The lowest BCUT2D eigenvalue weighted by Gasteiger charge is -2.54. The van der Waals surface area contributed by atoms with Crippen LogP contribution in [0.5, 0.6) is 0 Å². The van der Waals surface area contributed by atoms with Gasteiger partial charge >= 0.3 is 0 Å². The molecule has 1 saturated heterocycles. The zero-order chi connectivity index (χ0) is 14.5. The second kappa shape index (κ2) is 4.27. The van der Waals surface area contributed by atoms with E-state index in [1.165, 1.54) is 17.2 Å². The fourth-order valence-corrected chi connectivity index (χ4v) is 3.43. The summed E-state index contributed by atoms with van der Waals surface area (Å²) >= 11 is 0. The van der Waals surface area contributed by atoms with Crippen LogP contribution in [0.25, 0.3) is 0 Å². The summed E-state index contributed by atoms with van der Waals surface area (Å²) in [7, 11) is 0. The maximum Gasteiger partial charge on any atom is 0.123 e. The number of hydrogen-bond donors (Lipinski definition) is 2. The lowest BCUT2D eigenvalue weighted by Crippen LogP contribution is -2.63. The molecule has 1 fully saturated rings. The third-order valence-electron chi connectivity index (χ3n) is 3.98. The lowest BCUT2D eigenvalue weighted by atomic mass is 9.69. The molecule has 19 heavy (non-hydrogen) atoms. The Morgan fingerprint density at radius 3 is 1.84 bits per heavy atom. The fourth-order valence-electron chi connectivity index (χ4n) is 3.43. The molecule has 2 rings (SSSR count). The average Bonchev–Trinajstić information content (AvgIpc) is 2.25. The average molecular weight is 267 g/mol. The molecular formula is C15H22FNO2. The van der Waals surface area contributed by atoms with Crippen molar-refractivity contribution in [3.05, 3.63) is 35.6 Å². The molecule has 1 aromatic rings. The summed E-state index contributed by atoms with van der Waals surface area (Å²) in [5, 5.41) is 22.5. The molecule has 0 bridgehead atoms. The molecule has 0 saturated carbocycles. The first kappa shape index (κ1) is 14.4. The summed E-state index contributed by atoms with van der Waals surface area (Å²) in [6.07, 6.45) is 0.789. The van der Waals surface area contributed by atoms with Crippen molar-refractivity contribution in [2.24, 2.45) is 0 Å². The van der Waals surface area contributed by atoms with Crippen LogP contribution < -0.4 is 0 Å². The highest BCUT2D eigenvalue weighted by Gasteiger charge is 2.52. The predicted octanol–water partition coefficient (Wildman–Crippen LogP) is 3.06. The van der Waals surface area contributed by atoms with Gasteiger partial charge in [0.1, 0.15) is 5.82 Å². The lowest BCUT2D eigenvalue weighted by molar-refractivity contribution is -0.277. The Balaban J connectivity index is 2.41. The zero-order valence-corrected chi connectivity index (χ0v) is 11.9. The van der Waals surface area contributed by atoms with Crippen molar-refractivity contribution in [3.63, 3.8) is 0 Å². The molecule has 0 amide bonds. The molecule has 0 atom stereocenters. The maximum atomic E-state index is 13.0. The first-order valence-electron chi connectivity index (χ1n) is 6.55. The second-order valence-corrected chi connectivity index (χ2v) is 6.83. The summed E-state index contributed by atoms with van der Waals surface area (Å²) in [6.45, 7) is 7.57. The zero-order valence-electron chi connectivity index (χ0n) is 11.9. The monoisotopic (exact) mass is 267 g/mol. The molecule has 1 aromatic carbocycles. The van der Waals surface area contributed by atoms with E-state index in [4.69, 9.17) is 0 Å². The van der Waals surface area contributed by atoms with Gasteiger partial charge in [-0.05, 0) is 45.4 Å². The van der Waals surface area contributed by atoms with Crippen LogP contribution in [0.2, 0.25) is 0 Å². The van der Waals surface area contributed by atoms with E-state index in [-0.39, 0.29) is 5.82 Å². The SMILES string of the molecule is CC1(C)CC(O)(c2ccc(F)cc2)CC(C)(C)N1O. The molecule has 0 unspecified atom stereocenters. The van der Waals surface area contributed by atoms with Crippen molar-refractivity contribution in [2.75, 3.05) is 0 Å². The first-order chi connectivity index (χ1) is 8.57. The molecule has 0 aromatic heterocycles. The van der Waals surface area contributed by atoms with Gasteiger partial charge in [0.15, 0.2) is 0 Å². The van der Waals surface area contributed by atoms with Crippen LogP contribution >= 0.6 is 0 Å². The predicted molar refractivity (Wildman–Crippen MR) is 71.3 cm³/mol. The Kier molecular flexibility index (Phi) is 3.24. The van der Waals surface area contributed by atoms with Crippen molar-refractivity contribution in [2.45, 2.75) is 57.2 Å². The minimum atomic E-state index is -1.06. The molecule has 2 N–H and O–H groups in total. The molecule has 1 aliphatic rings. The van der Waals surface area contributed by atoms with E-state index < -0.39 is 16.7 Å². The van der Waals surface area contributed by atoms with Crippen LogP contribution in [0.1, 0.15) is 46.1 Å². The van der Waals surface area contributed by atoms with E-state index >= 15 is 0 Å². The van der Waals surface area contributed by atoms with Gasteiger partial charge in [0.25, 0.3) is 0 Å². The summed E-state index contributed by atoms with van der Waals surface area (Å²) in [5.74, 6) is -0.314. The summed E-state index contributed by atoms with van der Waals surface area (Å²) in [6, 6.07) is 5.96. The molecule has 1 aliphatic heterocycles. The standard InChI is InChI=1S/C15H22FNO2/c1-13(2)9-15(18,10-14(3,4)17(13)19)11-5-7-12(16)8-6-11/h5-8,18-19H,9-10H2,1-4H3. The Hall–Kier alpha value is -0.970. The second-order valence-electron chi connectivity index (χ2n) is 6.83. The van der Waals surface area contributed by atoms with Gasteiger partial charge in [-0.3, -0.25) is 0 Å². The number of nitrogens with zero attached hydrogens (tertiary/aromatic N) is 1. The normalized spacial score (nSPS) is 25.2. The summed E-state index contributed by atoms with van der Waals surface area (Å²) in [5.41, 5.74) is -1.46. The van der Waals surface area contributed by atoms with E-state index in [0.717, 1.165) is 0 Å². The largest absolute Gasteiger partial charge is 0.385 e. The third-order valence-corrected chi connectivity index (χ3v) is 3.98. The van der Waals surface area contributed by atoms with Gasteiger partial charge in [0.2, 0.25) is 0 Å². The minimum absolute atomic E-state index is 0.314. The van der Waals surface area contributed by atoms with E-state index in [1.807, 2.05) is 27.7 Å². The maximum absolute atomic E-state index is 13.0. The topological polar surface area (TPSA) is 43.7 Å². The van der Waals surface area contributed by atoms with Crippen molar-refractivity contribution in [1.29, 1.82) is 0 Å². The van der Waals surface area contributed by atoms with Crippen LogP contribution in [0, 0.1) is 5.82 Å². The highest BCUT2D eigenvalue weighted by Crippen LogP contribution is 2.47. The molecule has 0 aliphatic carbocycles. The number of rotatable bonds is 1. The molecule has 4 heteroatoms. The molecule has 0 radical (unpaired) electrons. The van der Waals surface area contributed by atoms with Gasteiger partial charge in [-0.1, -0.05) is 12.1 Å². The Morgan fingerprint density at radius 1 is 1.00 bits per heavy atom. The Morgan fingerprint density at radius 2 is 1.42 bits per heavy atom. The third kappa shape index (κ3) is 2.53. The number of aliphatic hydroxyl groups is 1. The van der Waals surface area contributed by atoms with Crippen LogP contribution in [-0.4, -0.2) is 26.5 Å². The van der Waals surface area contributed by atoms with Crippen molar-refractivity contribution in [3.8, 4) is 0 Å². The fraction of sp³-hybridized carbons (Fsp3) is 0.600. The number of hydrogen-bond acceptors (Lipinski definition) is 3. The summed E-state index contributed by atoms with van der Waals surface area (Å²) in [4.78, 5) is 0. The van der Waals surface area contributed by atoms with Crippen LogP contribution in [0.15, 0.2) is 24.3 Å². The van der Waals surface area contributed by atoms with Gasteiger partial charge < -0.3 is 10.3 Å². The molecule has 3 nitrogen and oxygen atoms in total. The van der Waals surface area contributed by atoms with Crippen LogP contribution in [0.4, 0.5) is 4.39 Å². The number of halogens is 1. The molecule has 106 valence electrons. The van der Waals surface area contributed by atoms with Crippen molar-refractivity contribution in [1.82, 2.24) is 5.06 Å². The van der Waals surface area contributed by atoms with E-state index in [0.29, 0.717) is 18.4 Å². The highest BCUT2D eigenvalue weighted by molar-refractivity contribution is 5.26. The van der Waals surface area contributed by atoms with E-state index in [1.54, 1.807) is 12.1 Å². The smallest absolute Gasteiger partial charge is 0.123 e. The Bertz CT molecular complexity index is 450. The number of benzene rings is 1. The van der Waals surface area contributed by atoms with E-state index in [9.17, 15) is 14.7 Å². The van der Waals surface area contributed by atoms with Crippen molar-refractivity contribution >= 4 is 0 Å². The van der Waals surface area contributed by atoms with Gasteiger partial charge in [0, 0.05) is 23.9 Å². The number of piperidine rings is 1. The quantitative estimate of drug-likeness (QED) is 0.822. The minimum Gasteiger partial charge on any atom is -0.385 e. The van der Waals surface area contributed by atoms with Gasteiger partial charge in [-0.15, -0.1) is 0 Å². The Labute approximate surface area is 113 Å². The van der Waals surface area contributed by atoms with Gasteiger partial charge in [-0.25, -0.2) is 4.39 Å². The van der Waals surface area contributed by atoms with Gasteiger partial charge in [-0.2, -0.15) is 5.06 Å². The molecular weight excluding hydrogens is 245 g/mol. The van der Waals surface area contributed by atoms with Gasteiger partial charge in [0.05, 0.1) is 5.60 Å². The number of hydroxylamine groups is 2. The molecule has 0 spiro atoms. The van der Waals surface area contributed by atoms with E-state index in [2.05, 4.69) is 0 Å². The van der Waals surface area contributed by atoms with Crippen LogP contribution in [-0.2, 0) is 5.60 Å².